The highest BCUT2D eigenvalue weighted by Crippen LogP contribution is 2.13. The molecule has 29 heavy (non-hydrogen) atoms. The van der Waals surface area contributed by atoms with E-state index in [-0.39, 0.29) is 11.9 Å². The number of aryl methyl sites for hydroxylation is 1. The lowest BCUT2D eigenvalue weighted by molar-refractivity contribution is 0.102. The molecule has 0 aliphatic carbocycles. The van der Waals surface area contributed by atoms with E-state index >= 15 is 0 Å². The molecule has 5 nitrogen and oxygen atoms in total. The van der Waals surface area contributed by atoms with Crippen molar-refractivity contribution in [1.29, 1.82) is 0 Å². The van der Waals surface area contributed by atoms with Crippen molar-refractivity contribution in [2.24, 2.45) is 0 Å². The molecule has 0 aromatic heterocycles. The smallest absolute Gasteiger partial charge is 0.321 e. The second kappa shape index (κ2) is 10.1. The van der Waals surface area contributed by atoms with E-state index in [9.17, 15) is 9.59 Å². The number of nitrogens with zero attached hydrogens (tertiary/aromatic N) is 1. The highest BCUT2D eigenvalue weighted by Gasteiger charge is 2.10. The van der Waals surface area contributed by atoms with E-state index in [1.807, 2.05) is 48.5 Å². The number of carbonyl (C=O) groups is 2. The molecule has 0 saturated heterocycles. The van der Waals surface area contributed by atoms with Crippen LogP contribution in [-0.4, -0.2) is 30.4 Å². The maximum atomic E-state index is 12.4. The van der Waals surface area contributed by atoms with E-state index in [2.05, 4.69) is 22.8 Å². The molecule has 3 aromatic rings. The molecular weight excluding hydrogens is 362 g/mol. The van der Waals surface area contributed by atoms with E-state index in [1.54, 1.807) is 36.2 Å². The lowest BCUT2D eigenvalue weighted by atomic mass is 10.1. The molecule has 3 rings (SSSR count). The van der Waals surface area contributed by atoms with E-state index in [1.165, 1.54) is 5.56 Å². The minimum absolute atomic E-state index is 0.167. The van der Waals surface area contributed by atoms with Crippen molar-refractivity contribution in [3.63, 3.8) is 0 Å². The Kier molecular flexibility index (Phi) is 7.00. The predicted molar refractivity (Wildman–Crippen MR) is 117 cm³/mol. The van der Waals surface area contributed by atoms with Crippen LogP contribution in [0.15, 0.2) is 84.9 Å². The molecule has 0 atom stereocenters. The maximum absolute atomic E-state index is 12.4. The highest BCUT2D eigenvalue weighted by atomic mass is 16.2. The van der Waals surface area contributed by atoms with Gasteiger partial charge in [0, 0.05) is 30.5 Å². The maximum Gasteiger partial charge on any atom is 0.321 e. The molecular formula is C24H25N3O2. The number of para-hydroxylation sites is 1. The number of hydrogen-bond acceptors (Lipinski definition) is 2. The molecule has 2 N–H and O–H groups in total. The summed E-state index contributed by atoms with van der Waals surface area (Å²) in [6, 6.07) is 26.2. The zero-order valence-electron chi connectivity index (χ0n) is 16.5. The van der Waals surface area contributed by atoms with Crippen LogP contribution < -0.4 is 10.6 Å². The van der Waals surface area contributed by atoms with Gasteiger partial charge in [-0.25, -0.2) is 4.79 Å². The average Bonchev–Trinajstić information content (AvgIpc) is 2.75. The van der Waals surface area contributed by atoms with Gasteiger partial charge in [0.15, 0.2) is 0 Å². The number of hydrogen-bond donors (Lipinski definition) is 2. The van der Waals surface area contributed by atoms with E-state index in [0.29, 0.717) is 17.8 Å². The number of carbonyl (C=O) groups excluding carboxylic acids is 2. The Morgan fingerprint density at radius 1 is 0.759 bits per heavy atom. The first-order valence-electron chi connectivity index (χ1n) is 9.64. The van der Waals surface area contributed by atoms with Crippen LogP contribution in [0.3, 0.4) is 0 Å². The molecule has 0 aliphatic heterocycles. The Morgan fingerprint density at radius 3 is 2.00 bits per heavy atom. The summed E-state index contributed by atoms with van der Waals surface area (Å²) in [5.41, 5.74) is 3.20. The molecule has 3 amide bonds. The summed E-state index contributed by atoms with van der Waals surface area (Å²) >= 11 is 0. The number of nitrogens with one attached hydrogen (secondary N) is 2. The predicted octanol–water partition coefficient (Wildman–Crippen LogP) is 5.04. The highest BCUT2D eigenvalue weighted by molar-refractivity contribution is 6.04. The number of rotatable bonds is 7. The van der Waals surface area contributed by atoms with Gasteiger partial charge in [0.2, 0.25) is 0 Å². The van der Waals surface area contributed by atoms with Crippen LogP contribution in [0.1, 0.15) is 22.3 Å². The lowest BCUT2D eigenvalue weighted by Crippen LogP contribution is -2.32. The molecule has 0 saturated carbocycles. The summed E-state index contributed by atoms with van der Waals surface area (Å²) in [6.07, 6.45) is 1.83. The van der Waals surface area contributed by atoms with Gasteiger partial charge in [-0.2, -0.15) is 0 Å². The second-order valence-corrected chi connectivity index (χ2v) is 6.84. The Hall–Kier alpha value is -3.60. The van der Waals surface area contributed by atoms with Gasteiger partial charge in [-0.3, -0.25) is 4.79 Å². The molecule has 0 unspecified atom stereocenters. The van der Waals surface area contributed by atoms with Crippen molar-refractivity contribution in [2.75, 3.05) is 24.2 Å². The normalized spacial score (nSPS) is 10.2. The molecule has 0 radical (unpaired) electrons. The van der Waals surface area contributed by atoms with Crippen LogP contribution in [0.2, 0.25) is 0 Å². The van der Waals surface area contributed by atoms with Crippen molar-refractivity contribution in [3.8, 4) is 0 Å². The Bertz CT molecular complexity index is 925. The van der Waals surface area contributed by atoms with E-state index in [4.69, 9.17) is 0 Å². The fourth-order valence-electron chi connectivity index (χ4n) is 2.92. The van der Waals surface area contributed by atoms with Crippen molar-refractivity contribution in [2.45, 2.75) is 12.8 Å². The van der Waals surface area contributed by atoms with Crippen LogP contribution in [0, 0.1) is 0 Å². The van der Waals surface area contributed by atoms with Gasteiger partial charge < -0.3 is 15.5 Å². The quantitative estimate of drug-likeness (QED) is 0.597. The van der Waals surface area contributed by atoms with E-state index in [0.717, 1.165) is 18.5 Å². The first-order valence-corrected chi connectivity index (χ1v) is 9.64. The summed E-state index contributed by atoms with van der Waals surface area (Å²) in [5, 5.41) is 5.70. The first kappa shape index (κ1) is 20.1. The molecule has 0 bridgehead atoms. The minimum Gasteiger partial charge on any atom is -0.328 e. The minimum atomic E-state index is -0.188. The van der Waals surface area contributed by atoms with Gasteiger partial charge in [0.1, 0.15) is 0 Å². The molecule has 3 aromatic carbocycles. The molecule has 5 heteroatoms. The molecule has 148 valence electrons. The van der Waals surface area contributed by atoms with Gasteiger partial charge >= 0.3 is 6.03 Å². The van der Waals surface area contributed by atoms with Crippen LogP contribution in [0.25, 0.3) is 0 Å². The Labute approximate surface area is 171 Å². The number of anilines is 2. The van der Waals surface area contributed by atoms with Crippen molar-refractivity contribution < 1.29 is 9.59 Å². The number of benzene rings is 3. The second-order valence-electron chi connectivity index (χ2n) is 6.84. The van der Waals surface area contributed by atoms with Crippen LogP contribution in [0.5, 0.6) is 0 Å². The Morgan fingerprint density at radius 2 is 1.34 bits per heavy atom. The first-order chi connectivity index (χ1) is 14.1. The van der Waals surface area contributed by atoms with Crippen molar-refractivity contribution in [1.82, 2.24) is 4.90 Å². The van der Waals surface area contributed by atoms with Gasteiger partial charge in [-0.15, -0.1) is 0 Å². The Balaban J connectivity index is 1.47. The van der Waals surface area contributed by atoms with Crippen molar-refractivity contribution in [3.05, 3.63) is 96.1 Å². The third-order valence-electron chi connectivity index (χ3n) is 4.58. The van der Waals surface area contributed by atoms with Gasteiger partial charge in [-0.05, 0) is 54.8 Å². The topological polar surface area (TPSA) is 61.4 Å². The number of amides is 3. The standard InChI is InChI=1S/C24H25N3O2/c1-27(18-8-11-19-9-4-2-5-10-19)24(29)26-22-16-14-20(15-17-22)23(28)25-21-12-6-3-7-13-21/h2-7,9-10,12-17H,8,11,18H2,1H3,(H,25,28)(H,26,29). The van der Waals surface area contributed by atoms with Gasteiger partial charge in [0.05, 0.1) is 0 Å². The monoisotopic (exact) mass is 387 g/mol. The molecule has 0 heterocycles. The fraction of sp³-hybridized carbons (Fsp3) is 0.167. The van der Waals surface area contributed by atoms with Gasteiger partial charge in [0.25, 0.3) is 5.91 Å². The van der Waals surface area contributed by atoms with Crippen LogP contribution >= 0.6 is 0 Å². The molecule has 0 fully saturated rings. The average molecular weight is 387 g/mol. The lowest BCUT2D eigenvalue weighted by Gasteiger charge is -2.18. The zero-order chi connectivity index (χ0) is 20.5. The molecule has 0 spiro atoms. The largest absolute Gasteiger partial charge is 0.328 e. The van der Waals surface area contributed by atoms with Crippen LogP contribution in [0.4, 0.5) is 16.2 Å². The molecule has 0 aliphatic rings. The fourth-order valence-corrected chi connectivity index (χ4v) is 2.92. The van der Waals surface area contributed by atoms with Gasteiger partial charge in [-0.1, -0.05) is 48.5 Å². The van der Waals surface area contributed by atoms with E-state index < -0.39 is 0 Å². The summed E-state index contributed by atoms with van der Waals surface area (Å²) in [5.74, 6) is -0.188. The summed E-state index contributed by atoms with van der Waals surface area (Å²) in [4.78, 5) is 26.3. The SMILES string of the molecule is CN(CCCc1ccccc1)C(=O)Nc1ccc(C(=O)Nc2ccccc2)cc1. The number of urea groups is 1. The third kappa shape index (κ3) is 6.21. The third-order valence-corrected chi connectivity index (χ3v) is 4.58. The summed E-state index contributed by atoms with van der Waals surface area (Å²) < 4.78 is 0. The zero-order valence-corrected chi connectivity index (χ0v) is 16.5. The van der Waals surface area contributed by atoms with Crippen molar-refractivity contribution >= 4 is 23.3 Å². The summed E-state index contributed by atoms with van der Waals surface area (Å²) in [7, 11) is 1.78. The van der Waals surface area contributed by atoms with Crippen LogP contribution in [-0.2, 0) is 6.42 Å². The summed E-state index contributed by atoms with van der Waals surface area (Å²) in [6.45, 7) is 0.665.